The van der Waals surface area contributed by atoms with Crippen LogP contribution in [-0.4, -0.2) is 39.8 Å². The van der Waals surface area contributed by atoms with Crippen LogP contribution < -0.4 is 5.32 Å². The molecular weight excluding hydrogens is 383 g/mol. The summed E-state index contributed by atoms with van der Waals surface area (Å²) in [6.45, 7) is 0.415. The number of amides is 2. The first-order valence-electron chi connectivity index (χ1n) is 9.29. The van der Waals surface area contributed by atoms with E-state index in [2.05, 4.69) is 15.3 Å². The molecule has 0 aliphatic heterocycles. The summed E-state index contributed by atoms with van der Waals surface area (Å²) in [6, 6.07) is 6.60. The van der Waals surface area contributed by atoms with Gasteiger partial charge in [0.2, 0.25) is 11.9 Å². The molecule has 6 nitrogen and oxygen atoms in total. The summed E-state index contributed by atoms with van der Waals surface area (Å²) >= 11 is 5.74. The van der Waals surface area contributed by atoms with Crippen molar-refractivity contribution >= 4 is 29.4 Å². The van der Waals surface area contributed by atoms with Gasteiger partial charge in [0, 0.05) is 12.1 Å². The third kappa shape index (κ3) is 4.47. The third-order valence-corrected chi connectivity index (χ3v) is 5.20. The number of benzene rings is 1. The molecular formula is C20H20ClFN4O2. The predicted octanol–water partition coefficient (Wildman–Crippen LogP) is 3.58. The number of carbonyl (C=O) groups excluding carboxylic acids is 2. The van der Waals surface area contributed by atoms with E-state index >= 15 is 0 Å². The number of hydrogen-bond acceptors (Lipinski definition) is 4. The van der Waals surface area contributed by atoms with Crippen molar-refractivity contribution in [2.45, 2.75) is 31.4 Å². The van der Waals surface area contributed by atoms with Crippen LogP contribution >= 0.6 is 11.6 Å². The van der Waals surface area contributed by atoms with Gasteiger partial charge in [-0.1, -0.05) is 23.7 Å². The molecule has 2 fully saturated rings. The van der Waals surface area contributed by atoms with E-state index in [-0.39, 0.29) is 24.3 Å². The maximum atomic E-state index is 14.1. The molecule has 2 aromatic rings. The monoisotopic (exact) mass is 402 g/mol. The molecule has 28 heavy (non-hydrogen) atoms. The lowest BCUT2D eigenvalue weighted by molar-refractivity contribution is -0.117. The van der Waals surface area contributed by atoms with Crippen molar-refractivity contribution in [3.05, 3.63) is 52.8 Å². The zero-order chi connectivity index (χ0) is 19.7. The number of rotatable bonds is 7. The fourth-order valence-electron chi connectivity index (χ4n) is 3.04. The number of carbonyl (C=O) groups is 2. The molecule has 0 bridgehead atoms. The van der Waals surface area contributed by atoms with Gasteiger partial charge in [0.15, 0.2) is 0 Å². The Bertz CT molecular complexity index is 880. The first-order chi connectivity index (χ1) is 13.4. The van der Waals surface area contributed by atoms with Crippen LogP contribution in [0.5, 0.6) is 0 Å². The van der Waals surface area contributed by atoms with E-state index in [0.29, 0.717) is 41.5 Å². The minimum atomic E-state index is -1.23. The molecule has 146 valence electrons. The smallest absolute Gasteiger partial charge is 0.254 e. The van der Waals surface area contributed by atoms with Crippen molar-refractivity contribution in [2.75, 3.05) is 18.4 Å². The summed E-state index contributed by atoms with van der Waals surface area (Å²) < 4.78 is 14.1. The Labute approximate surface area is 167 Å². The number of aromatic nitrogens is 2. The highest BCUT2D eigenvalue weighted by atomic mass is 35.5. The average Bonchev–Trinajstić information content (AvgIpc) is 3.61. The number of nitrogens with one attached hydrogen (secondary N) is 1. The maximum absolute atomic E-state index is 14.1. The van der Waals surface area contributed by atoms with Crippen molar-refractivity contribution < 1.29 is 14.0 Å². The number of anilines is 1. The molecule has 0 atom stereocenters. The molecule has 4 rings (SSSR count). The molecule has 0 spiro atoms. The zero-order valence-electron chi connectivity index (χ0n) is 15.2. The van der Waals surface area contributed by atoms with Crippen LogP contribution in [0.25, 0.3) is 0 Å². The Balaban J connectivity index is 1.43. The molecule has 2 amide bonds. The minimum Gasteiger partial charge on any atom is -0.329 e. The fourth-order valence-corrected chi connectivity index (χ4v) is 3.14. The van der Waals surface area contributed by atoms with E-state index in [0.717, 1.165) is 12.8 Å². The summed E-state index contributed by atoms with van der Waals surface area (Å²) in [7, 11) is 0. The van der Waals surface area contributed by atoms with Gasteiger partial charge in [0.05, 0.1) is 17.4 Å². The second-order valence-corrected chi connectivity index (χ2v) is 7.88. The van der Waals surface area contributed by atoms with Gasteiger partial charge in [-0.3, -0.25) is 14.9 Å². The summed E-state index contributed by atoms with van der Waals surface area (Å²) in [6.07, 6.45) is 5.93. The van der Waals surface area contributed by atoms with Crippen LogP contribution in [0.2, 0.25) is 5.02 Å². The molecule has 0 radical (unpaired) electrons. The second kappa shape index (κ2) is 7.47. The Morgan fingerprint density at radius 2 is 1.82 bits per heavy atom. The Hall–Kier alpha value is -2.54. The van der Waals surface area contributed by atoms with Crippen LogP contribution in [0, 0.1) is 5.92 Å². The lowest BCUT2D eigenvalue weighted by Crippen LogP contribution is -2.39. The molecule has 8 heteroatoms. The van der Waals surface area contributed by atoms with E-state index in [1.807, 2.05) is 0 Å². The lowest BCUT2D eigenvalue weighted by atomic mass is 10.1. The number of nitrogens with zero attached hydrogens (tertiary/aromatic N) is 3. The van der Waals surface area contributed by atoms with Gasteiger partial charge in [-0.15, -0.1) is 0 Å². The van der Waals surface area contributed by atoms with Crippen molar-refractivity contribution in [3.8, 4) is 0 Å². The number of alkyl halides is 1. The van der Waals surface area contributed by atoms with E-state index in [1.165, 1.54) is 17.3 Å². The van der Waals surface area contributed by atoms with E-state index in [9.17, 15) is 14.0 Å². The van der Waals surface area contributed by atoms with Crippen LogP contribution in [0.15, 0.2) is 36.7 Å². The Kier molecular flexibility index (Phi) is 5.02. The van der Waals surface area contributed by atoms with E-state index in [4.69, 9.17) is 11.6 Å². The van der Waals surface area contributed by atoms with Crippen LogP contribution in [0.4, 0.5) is 10.3 Å². The topological polar surface area (TPSA) is 75.2 Å². The minimum absolute atomic E-state index is 0.101. The highest BCUT2D eigenvalue weighted by Gasteiger charge is 2.44. The van der Waals surface area contributed by atoms with Crippen LogP contribution in [0.1, 0.15) is 41.6 Å². The number of halogens is 2. The van der Waals surface area contributed by atoms with Crippen molar-refractivity contribution in [3.63, 3.8) is 0 Å². The molecule has 2 aliphatic carbocycles. The normalized spacial score (nSPS) is 17.1. The summed E-state index contributed by atoms with van der Waals surface area (Å²) in [5.74, 6) is -0.0680. The van der Waals surface area contributed by atoms with Gasteiger partial charge >= 0.3 is 0 Å². The summed E-state index contributed by atoms with van der Waals surface area (Å²) in [5, 5.41) is 2.94. The largest absolute Gasteiger partial charge is 0.329 e. The van der Waals surface area contributed by atoms with Gasteiger partial charge < -0.3 is 4.90 Å². The highest BCUT2D eigenvalue weighted by Crippen LogP contribution is 2.49. The van der Waals surface area contributed by atoms with Gasteiger partial charge in [0.1, 0.15) is 12.2 Å². The SMILES string of the molecule is O=C(CN(CC1CC1)C(=O)c1ccc(C2(F)CC2)cc1)Nc1ncc(Cl)cn1. The lowest BCUT2D eigenvalue weighted by Gasteiger charge is -2.22. The first kappa shape index (κ1) is 18.8. The van der Waals surface area contributed by atoms with Crippen molar-refractivity contribution in [1.29, 1.82) is 0 Å². The van der Waals surface area contributed by atoms with Gasteiger partial charge in [-0.05, 0) is 49.3 Å². The molecule has 0 unspecified atom stereocenters. The molecule has 1 aromatic carbocycles. The Morgan fingerprint density at radius 1 is 1.18 bits per heavy atom. The standard InChI is InChI=1S/C20H20ClFN4O2/c21-16-9-23-19(24-10-16)25-17(27)12-26(11-13-1-2-13)18(28)14-3-5-15(6-4-14)20(22)7-8-20/h3-6,9-10,13H,1-2,7-8,11-12H2,(H,23,24,25,27). The molecule has 1 heterocycles. The third-order valence-electron chi connectivity index (χ3n) is 5.01. The maximum Gasteiger partial charge on any atom is 0.254 e. The second-order valence-electron chi connectivity index (χ2n) is 7.44. The summed E-state index contributed by atoms with van der Waals surface area (Å²) in [5.41, 5.74) is -0.173. The van der Waals surface area contributed by atoms with Gasteiger partial charge in [-0.25, -0.2) is 14.4 Å². The van der Waals surface area contributed by atoms with Crippen molar-refractivity contribution in [2.24, 2.45) is 5.92 Å². The van der Waals surface area contributed by atoms with E-state index < -0.39 is 5.67 Å². The summed E-state index contributed by atoms with van der Waals surface area (Å²) in [4.78, 5) is 34.7. The predicted molar refractivity (Wildman–Crippen MR) is 103 cm³/mol. The van der Waals surface area contributed by atoms with Crippen molar-refractivity contribution in [1.82, 2.24) is 14.9 Å². The number of hydrogen-bond donors (Lipinski definition) is 1. The van der Waals surface area contributed by atoms with Gasteiger partial charge in [-0.2, -0.15) is 0 Å². The molecule has 1 N–H and O–H groups in total. The van der Waals surface area contributed by atoms with E-state index in [1.54, 1.807) is 24.3 Å². The first-order valence-corrected chi connectivity index (χ1v) is 9.67. The zero-order valence-corrected chi connectivity index (χ0v) is 16.0. The van der Waals surface area contributed by atoms with Crippen LogP contribution in [0.3, 0.4) is 0 Å². The average molecular weight is 403 g/mol. The molecule has 2 aliphatic rings. The highest BCUT2D eigenvalue weighted by molar-refractivity contribution is 6.30. The fraction of sp³-hybridized carbons (Fsp3) is 0.400. The molecule has 1 aromatic heterocycles. The Morgan fingerprint density at radius 3 is 2.39 bits per heavy atom. The molecule has 0 saturated heterocycles. The quantitative estimate of drug-likeness (QED) is 0.768. The van der Waals surface area contributed by atoms with Crippen LogP contribution in [-0.2, 0) is 10.5 Å². The van der Waals surface area contributed by atoms with Gasteiger partial charge in [0.25, 0.3) is 5.91 Å². The molecule has 2 saturated carbocycles.